The third-order valence-electron chi connectivity index (χ3n) is 5.97. The summed E-state index contributed by atoms with van der Waals surface area (Å²) in [6, 6.07) is 0. The smallest absolute Gasteiger partial charge is 0.0521 e. The Hall–Kier alpha value is -3.08. The molecule has 0 aliphatic rings. The minimum atomic E-state index is 0.646. The molecule has 0 saturated heterocycles. The highest BCUT2D eigenvalue weighted by Gasteiger charge is 1.81. The Kier molecular flexibility index (Phi) is 190. The zero-order chi connectivity index (χ0) is 51.0. The molecule has 23 heteroatoms. The first-order valence-electron chi connectivity index (χ1n) is 22.8. The van der Waals surface area contributed by atoms with Crippen molar-refractivity contribution in [2.45, 2.75) is 205 Å². The van der Waals surface area contributed by atoms with E-state index >= 15 is 0 Å². The summed E-state index contributed by atoms with van der Waals surface area (Å²) in [6.07, 6.45) is 23.2. The van der Waals surface area contributed by atoms with Gasteiger partial charge in [0.1, 0.15) is 0 Å². The molecule has 0 aromatic rings. The maximum Gasteiger partial charge on any atom is 0.0521 e. The van der Waals surface area contributed by atoms with Gasteiger partial charge in [0.2, 0.25) is 0 Å². The molecule has 0 bridgehead atoms. The van der Waals surface area contributed by atoms with Gasteiger partial charge < -0.3 is 0 Å². The zero-order valence-corrected chi connectivity index (χ0v) is 45.7. The Labute approximate surface area is 408 Å². The van der Waals surface area contributed by atoms with E-state index in [4.69, 9.17) is 27.7 Å². The van der Waals surface area contributed by atoms with Crippen molar-refractivity contribution in [1.82, 2.24) is 4.72 Å². The molecule has 0 amide bonds. The van der Waals surface area contributed by atoms with E-state index in [2.05, 4.69) is 180 Å². The molecule has 0 heterocycles. The van der Waals surface area contributed by atoms with Crippen LogP contribution < -0.4 is 4.72 Å². The topological polar surface area (TPSA) is 293 Å². The van der Waals surface area contributed by atoms with Gasteiger partial charge in [0.15, 0.2) is 0 Å². The lowest BCUT2D eigenvalue weighted by atomic mass is 10.2. The molecule has 0 atom stereocenters. The monoisotopic (exact) mass is 970 g/mol. The molecule has 0 rings (SSSR count). The number of nitrogens with zero attached hydrogens (tertiary/aromatic N) is 18. The van der Waals surface area contributed by atoms with E-state index in [0.29, 0.717) is 26.2 Å². The second-order valence-electron chi connectivity index (χ2n) is 11.9. The van der Waals surface area contributed by atoms with Crippen molar-refractivity contribution in [1.29, 1.82) is 0 Å². The molecule has 374 valence electrons. The fraction of sp³-hybridized carbons (Fsp3) is 1.00. The lowest BCUT2D eigenvalue weighted by Crippen LogP contribution is -1.91. The molecule has 0 aliphatic heterocycles. The maximum atomic E-state index is 7.75. The molecule has 0 fully saturated rings. The van der Waals surface area contributed by atoms with E-state index in [1.54, 1.807) is 0 Å². The number of rotatable bonds is 25. The molecule has 0 aromatic heterocycles. The van der Waals surface area contributed by atoms with E-state index in [1.165, 1.54) is 77.7 Å². The van der Waals surface area contributed by atoms with Crippen molar-refractivity contribution < 1.29 is 0 Å². The number of hydrogen-bond donors (Lipinski definition) is 2. The van der Waals surface area contributed by atoms with Gasteiger partial charge in [0.05, 0.1) is 6.54 Å². The Balaban J connectivity index is -0.0000000529. The van der Waals surface area contributed by atoms with Crippen LogP contribution in [0.15, 0.2) is 38.7 Å². The number of hydrogen-bond acceptors (Lipinski definition) is 13. The summed E-state index contributed by atoms with van der Waals surface area (Å²) in [5.74, 6) is 0. The van der Waals surface area contributed by atoms with Crippen molar-refractivity contribution in [2.75, 3.05) is 59.4 Å². The van der Waals surface area contributed by atoms with E-state index in [1.807, 2.05) is 20.8 Å². The molecule has 0 aliphatic carbocycles. The molecule has 0 unspecified atom stereocenters. The first-order chi connectivity index (χ1) is 30.6. The van der Waals surface area contributed by atoms with Gasteiger partial charge in [0, 0.05) is 115 Å². The summed E-state index contributed by atoms with van der Waals surface area (Å²) in [4.78, 5) is 12.8. The predicted octanol–water partition coefficient (Wildman–Crippen LogP) is 18.3. The molecule has 19 nitrogen and oxygen atoms in total. The molecule has 0 aromatic carbocycles. The van der Waals surface area contributed by atoms with Crippen LogP contribution in [0.5, 0.6) is 0 Å². The number of nitrogens with one attached hydrogen (secondary N) is 1. The summed E-state index contributed by atoms with van der Waals surface area (Å²) in [5.41, 5.74) is 38.3. The lowest BCUT2D eigenvalue weighted by molar-refractivity contribution is 0.656. The van der Waals surface area contributed by atoms with Crippen LogP contribution in [0.25, 0.3) is 52.2 Å². The number of unbranched alkanes of at least 4 members (excludes halogenated alkanes) is 12. The van der Waals surface area contributed by atoms with Gasteiger partial charge in [-0.25, -0.2) is 13.1 Å². The Morgan fingerprint density at radius 1 is 0.365 bits per heavy atom. The van der Waals surface area contributed by atoms with Gasteiger partial charge in [-0.05, 0) is 73.6 Å². The van der Waals surface area contributed by atoms with Gasteiger partial charge in [-0.3, -0.25) is 4.72 Å². The highest BCUT2D eigenvalue weighted by atomic mass is 32.1. The molecule has 0 saturated carbocycles. The van der Waals surface area contributed by atoms with Crippen LogP contribution in [-0.2, 0) is 37.3 Å². The normalized spacial score (nSPS) is 7.59. The average molecular weight is 971 g/mol. The SMILES string of the molecule is CCCCC.CCCCCCC.CCCCCN=S.CCCCN=[N+]=[N-].CCCCN=[N+]=[N-].CCCCN=[N+]=[N-].CCCCN=[N+]=[N-].CCN=S.CCN=S.CCNS.CN=[N+]=[N-]. The van der Waals surface area contributed by atoms with E-state index < -0.39 is 0 Å². The van der Waals surface area contributed by atoms with Crippen LogP contribution in [0.3, 0.4) is 0 Å². The van der Waals surface area contributed by atoms with Crippen molar-refractivity contribution in [3.8, 4) is 0 Å². The summed E-state index contributed by atoms with van der Waals surface area (Å²) in [6.45, 7) is 31.0. The molecular weight excluding hydrogens is 875 g/mol. The average Bonchev–Trinajstić information content (AvgIpc) is 3.32. The summed E-state index contributed by atoms with van der Waals surface area (Å²) >= 11 is 16.4. The fourth-order valence-electron chi connectivity index (χ4n) is 2.55. The van der Waals surface area contributed by atoms with Crippen molar-refractivity contribution >= 4 is 50.1 Å². The minimum Gasteiger partial charge on any atom is -0.267 e. The largest absolute Gasteiger partial charge is 0.267 e. The van der Waals surface area contributed by atoms with Crippen molar-refractivity contribution in [3.63, 3.8) is 0 Å². The molecule has 0 spiro atoms. The molecule has 63 heavy (non-hydrogen) atoms. The summed E-state index contributed by atoms with van der Waals surface area (Å²) in [5, 5.41) is 16.3. The lowest BCUT2D eigenvalue weighted by Gasteiger charge is -1.90. The van der Waals surface area contributed by atoms with E-state index in [0.717, 1.165) is 77.5 Å². The first-order valence-corrected chi connectivity index (χ1v) is 24.3. The molecular formula is C40H95N19S4. The van der Waals surface area contributed by atoms with Crippen LogP contribution in [0.1, 0.15) is 205 Å². The fourth-order valence-corrected chi connectivity index (χ4v) is 2.68. The second kappa shape index (κ2) is 137. The van der Waals surface area contributed by atoms with Gasteiger partial charge in [-0.2, -0.15) is 0 Å². The summed E-state index contributed by atoms with van der Waals surface area (Å²) < 4.78 is 12.8. The second-order valence-corrected chi connectivity index (χ2v) is 13.0. The van der Waals surface area contributed by atoms with Gasteiger partial charge in [-0.1, -0.05) is 198 Å². The van der Waals surface area contributed by atoms with Crippen molar-refractivity contribution in [3.05, 3.63) is 52.2 Å². The predicted molar refractivity (Wildman–Crippen MR) is 288 cm³/mol. The van der Waals surface area contributed by atoms with Crippen LogP contribution in [0.2, 0.25) is 0 Å². The van der Waals surface area contributed by atoms with Crippen LogP contribution in [-0.4, -0.2) is 59.4 Å². The highest BCUT2D eigenvalue weighted by Crippen LogP contribution is 2.00. The highest BCUT2D eigenvalue weighted by molar-refractivity contribution is 7.78. The number of thiol groups is 1. The van der Waals surface area contributed by atoms with Crippen LogP contribution in [0.4, 0.5) is 0 Å². The van der Waals surface area contributed by atoms with E-state index in [-0.39, 0.29) is 0 Å². The first kappa shape index (κ1) is 86.9. The van der Waals surface area contributed by atoms with Crippen LogP contribution in [0, 0.1) is 0 Å². The Bertz CT molecular complexity index is 880. The maximum absolute atomic E-state index is 7.75. The third-order valence-corrected chi connectivity index (χ3v) is 6.99. The van der Waals surface area contributed by atoms with E-state index in [9.17, 15) is 0 Å². The van der Waals surface area contributed by atoms with Gasteiger partial charge in [0.25, 0.3) is 0 Å². The van der Waals surface area contributed by atoms with Gasteiger partial charge >= 0.3 is 0 Å². The van der Waals surface area contributed by atoms with Crippen LogP contribution >= 0.6 is 12.8 Å². The van der Waals surface area contributed by atoms with Gasteiger partial charge in [-0.15, -0.1) is 0 Å². The van der Waals surface area contributed by atoms with Crippen molar-refractivity contribution in [2.24, 2.45) is 38.7 Å². The number of azide groups is 5. The quantitative estimate of drug-likeness (QED) is 0.0296. The molecule has 1 N–H and O–H groups in total. The summed E-state index contributed by atoms with van der Waals surface area (Å²) in [7, 11) is 1.39. The zero-order valence-electron chi connectivity index (χ0n) is 42.3. The Morgan fingerprint density at radius 3 is 0.714 bits per heavy atom. The Morgan fingerprint density at radius 2 is 0.587 bits per heavy atom. The standard InChI is InChI=1S/C7H16.C5H11NS.C5H12.4C4H9N3.C2H7NS.2C2H5NS.CH3N3/c1-3-5-7-6-4-2;1-2-3-4-5-6-7;1-3-5-4-2;4*1-2-3-4-6-7-5;3*1-2-3-4;1-3-4-2/h3-7H2,1-2H3;2-5H2,1H3;3-5H2,1-2H3;4*2-4H2,1H3;3-4H,2H2,1H3;2*2H2,1H3;1H3. The third kappa shape index (κ3) is 263. The molecule has 0 radical (unpaired) electrons. The minimum absolute atomic E-state index is 0.646.